The van der Waals surface area contributed by atoms with Gasteiger partial charge in [-0.2, -0.15) is 4.98 Å². The fourth-order valence-electron chi connectivity index (χ4n) is 2.79. The van der Waals surface area contributed by atoms with Crippen molar-refractivity contribution in [1.29, 1.82) is 0 Å². The minimum atomic E-state index is -0.467. The van der Waals surface area contributed by atoms with Crippen molar-refractivity contribution in [2.45, 2.75) is 13.0 Å². The third kappa shape index (κ3) is 4.80. The average Bonchev–Trinajstić information content (AvgIpc) is 3.26. The van der Waals surface area contributed by atoms with Gasteiger partial charge < -0.3 is 28.2 Å². The molecule has 1 aromatic heterocycles. The van der Waals surface area contributed by atoms with Crippen LogP contribution in [0.5, 0.6) is 23.0 Å². The Balaban J connectivity index is 1.63. The summed E-state index contributed by atoms with van der Waals surface area (Å²) in [5, 5.41) is 3.91. The first kappa shape index (κ1) is 21.0. The zero-order valence-corrected chi connectivity index (χ0v) is 17.1. The highest BCUT2D eigenvalue weighted by Crippen LogP contribution is 2.38. The van der Waals surface area contributed by atoms with Crippen LogP contribution in [0.2, 0.25) is 0 Å². The van der Waals surface area contributed by atoms with Gasteiger partial charge in [-0.15, -0.1) is 0 Å². The second-order valence-electron chi connectivity index (χ2n) is 6.11. The number of hydrogen-bond acceptors (Lipinski definition) is 9. The topological polar surface area (TPSA) is 102 Å². The molecule has 9 heteroatoms. The van der Waals surface area contributed by atoms with Crippen LogP contribution in [0.3, 0.4) is 0 Å². The molecule has 30 heavy (non-hydrogen) atoms. The molecule has 0 N–H and O–H groups in total. The van der Waals surface area contributed by atoms with E-state index >= 15 is 0 Å². The second kappa shape index (κ2) is 9.64. The van der Waals surface area contributed by atoms with Gasteiger partial charge in [0.15, 0.2) is 18.1 Å². The Bertz CT molecular complexity index is 991. The predicted octanol–water partition coefficient (Wildman–Crippen LogP) is 3.06. The summed E-state index contributed by atoms with van der Waals surface area (Å²) in [7, 11) is 6.11. The van der Waals surface area contributed by atoms with E-state index in [2.05, 4.69) is 10.1 Å². The molecule has 2 aromatic carbocycles. The summed E-state index contributed by atoms with van der Waals surface area (Å²) >= 11 is 0. The number of aromatic nitrogens is 2. The molecule has 0 bridgehead atoms. The molecule has 0 fully saturated rings. The van der Waals surface area contributed by atoms with E-state index in [1.54, 1.807) is 25.3 Å². The van der Waals surface area contributed by atoms with E-state index in [9.17, 15) is 4.79 Å². The summed E-state index contributed by atoms with van der Waals surface area (Å²) in [6.45, 7) is -0.139. The summed E-state index contributed by atoms with van der Waals surface area (Å²) in [6, 6.07) is 10.6. The average molecular weight is 414 g/mol. The Morgan fingerprint density at radius 1 is 0.967 bits per heavy atom. The number of ether oxygens (including phenoxy) is 5. The molecule has 158 valence electrons. The maximum atomic E-state index is 12.3. The molecule has 3 rings (SSSR count). The van der Waals surface area contributed by atoms with E-state index in [0.717, 1.165) is 5.56 Å². The van der Waals surface area contributed by atoms with Crippen molar-refractivity contribution < 1.29 is 33.0 Å². The highest BCUT2D eigenvalue weighted by molar-refractivity contribution is 5.73. The van der Waals surface area contributed by atoms with E-state index in [1.807, 2.05) is 18.2 Å². The van der Waals surface area contributed by atoms with Gasteiger partial charge in [-0.05, 0) is 29.8 Å². The minimum Gasteiger partial charge on any atom is -0.497 e. The Labute approximate surface area is 173 Å². The van der Waals surface area contributed by atoms with Crippen molar-refractivity contribution in [3.8, 4) is 34.4 Å². The van der Waals surface area contributed by atoms with E-state index in [4.69, 9.17) is 28.2 Å². The summed E-state index contributed by atoms with van der Waals surface area (Å²) in [5.74, 6) is 2.14. The van der Waals surface area contributed by atoms with Crippen molar-refractivity contribution in [1.82, 2.24) is 10.1 Å². The van der Waals surface area contributed by atoms with Gasteiger partial charge in [-0.25, -0.2) is 0 Å². The molecule has 0 aliphatic rings. The molecule has 0 spiro atoms. The molecule has 1 heterocycles. The number of benzene rings is 2. The molecular formula is C21H22N2O7. The monoisotopic (exact) mass is 414 g/mol. The van der Waals surface area contributed by atoms with E-state index in [1.165, 1.54) is 21.3 Å². The zero-order chi connectivity index (χ0) is 21.5. The number of rotatable bonds is 9. The zero-order valence-electron chi connectivity index (χ0n) is 17.1. The fourth-order valence-corrected chi connectivity index (χ4v) is 2.79. The van der Waals surface area contributed by atoms with Gasteiger partial charge >= 0.3 is 5.97 Å². The Morgan fingerprint density at radius 2 is 1.70 bits per heavy atom. The van der Waals surface area contributed by atoms with Gasteiger partial charge in [0, 0.05) is 5.56 Å². The Hall–Kier alpha value is -3.75. The van der Waals surface area contributed by atoms with Gasteiger partial charge in [0.25, 0.3) is 5.89 Å². The molecule has 0 saturated carbocycles. The van der Waals surface area contributed by atoms with E-state index in [-0.39, 0.29) is 18.9 Å². The minimum absolute atomic E-state index is 0.00753. The number of carbonyl (C=O) groups is 1. The van der Waals surface area contributed by atoms with Crippen molar-refractivity contribution in [2.24, 2.45) is 0 Å². The summed E-state index contributed by atoms with van der Waals surface area (Å²) in [6.07, 6.45) is 0.00753. The lowest BCUT2D eigenvalue weighted by atomic mass is 10.1. The molecule has 0 aliphatic carbocycles. The number of carbonyl (C=O) groups excluding carboxylic acids is 1. The highest BCUT2D eigenvalue weighted by Gasteiger charge is 2.16. The van der Waals surface area contributed by atoms with E-state index in [0.29, 0.717) is 34.4 Å². The predicted molar refractivity (Wildman–Crippen MR) is 106 cm³/mol. The number of methoxy groups -OCH3 is 4. The van der Waals surface area contributed by atoms with Crippen LogP contribution in [0, 0.1) is 0 Å². The second-order valence-corrected chi connectivity index (χ2v) is 6.11. The van der Waals surface area contributed by atoms with Crippen LogP contribution in [-0.2, 0) is 22.6 Å². The van der Waals surface area contributed by atoms with Crippen LogP contribution in [-0.4, -0.2) is 44.5 Å². The molecule has 0 aliphatic heterocycles. The lowest BCUT2D eigenvalue weighted by Gasteiger charge is -2.13. The van der Waals surface area contributed by atoms with Crippen LogP contribution >= 0.6 is 0 Å². The summed E-state index contributed by atoms with van der Waals surface area (Å²) < 4.78 is 31.5. The third-order valence-corrected chi connectivity index (χ3v) is 4.23. The Kier molecular flexibility index (Phi) is 6.74. The lowest BCUT2D eigenvalue weighted by molar-refractivity contribution is -0.144. The van der Waals surface area contributed by atoms with Gasteiger partial charge in [0.05, 0.1) is 34.9 Å². The van der Waals surface area contributed by atoms with Crippen molar-refractivity contribution in [3.05, 3.63) is 47.9 Å². The molecule has 0 unspecified atom stereocenters. The molecule has 0 amide bonds. The SMILES string of the molecule is COc1cccc(-c2noc(COC(=O)Cc3cc(OC)c(OC)c(OC)c3)n2)c1. The van der Waals surface area contributed by atoms with Crippen LogP contribution in [0.15, 0.2) is 40.9 Å². The van der Waals surface area contributed by atoms with Crippen LogP contribution in [0.25, 0.3) is 11.4 Å². The van der Waals surface area contributed by atoms with Crippen LogP contribution in [0.4, 0.5) is 0 Å². The first-order valence-electron chi connectivity index (χ1n) is 8.99. The number of hydrogen-bond donors (Lipinski definition) is 0. The first-order valence-corrected chi connectivity index (χ1v) is 8.99. The van der Waals surface area contributed by atoms with Gasteiger partial charge in [-0.3, -0.25) is 4.79 Å². The molecule has 9 nitrogen and oxygen atoms in total. The van der Waals surface area contributed by atoms with Crippen molar-refractivity contribution in [2.75, 3.05) is 28.4 Å². The van der Waals surface area contributed by atoms with Crippen molar-refractivity contribution in [3.63, 3.8) is 0 Å². The van der Waals surface area contributed by atoms with Crippen LogP contribution in [0.1, 0.15) is 11.5 Å². The molecule has 0 atom stereocenters. The Morgan fingerprint density at radius 3 is 2.33 bits per heavy atom. The van der Waals surface area contributed by atoms with Gasteiger partial charge in [0.1, 0.15) is 5.75 Å². The standard InChI is InChI=1S/C21H22N2O7/c1-25-15-7-5-6-14(11-15)21-22-18(30-23-21)12-29-19(24)10-13-8-16(26-2)20(28-4)17(9-13)27-3/h5-9,11H,10,12H2,1-4H3. The number of nitrogens with zero attached hydrogens (tertiary/aromatic N) is 2. The maximum Gasteiger partial charge on any atom is 0.310 e. The van der Waals surface area contributed by atoms with Crippen molar-refractivity contribution >= 4 is 5.97 Å². The quantitative estimate of drug-likeness (QED) is 0.489. The maximum absolute atomic E-state index is 12.3. The molecule has 0 saturated heterocycles. The molecule has 0 radical (unpaired) electrons. The number of esters is 1. The molecular weight excluding hydrogens is 392 g/mol. The summed E-state index contributed by atoms with van der Waals surface area (Å²) in [4.78, 5) is 16.5. The third-order valence-electron chi connectivity index (χ3n) is 4.23. The smallest absolute Gasteiger partial charge is 0.310 e. The summed E-state index contributed by atoms with van der Waals surface area (Å²) in [5.41, 5.74) is 1.38. The van der Waals surface area contributed by atoms with E-state index < -0.39 is 5.97 Å². The largest absolute Gasteiger partial charge is 0.497 e. The first-order chi connectivity index (χ1) is 14.6. The normalized spacial score (nSPS) is 10.4. The highest BCUT2D eigenvalue weighted by atomic mass is 16.6. The van der Waals surface area contributed by atoms with Gasteiger partial charge in [-0.1, -0.05) is 17.3 Å². The fraction of sp³-hybridized carbons (Fsp3) is 0.286. The van der Waals surface area contributed by atoms with Gasteiger partial charge in [0.2, 0.25) is 11.6 Å². The lowest BCUT2D eigenvalue weighted by Crippen LogP contribution is -2.09. The van der Waals surface area contributed by atoms with Crippen LogP contribution < -0.4 is 18.9 Å². The molecule has 3 aromatic rings.